The number of aryl methyl sites for hydroxylation is 1. The minimum absolute atomic E-state index is 0.0255. The van der Waals surface area contributed by atoms with E-state index >= 15 is 0 Å². The zero-order valence-electron chi connectivity index (χ0n) is 12.1. The zero-order valence-corrected chi connectivity index (χ0v) is 12.1. The smallest absolute Gasteiger partial charge is 0.303 e. The van der Waals surface area contributed by atoms with E-state index in [9.17, 15) is 14.7 Å². The predicted octanol–water partition coefficient (Wildman–Crippen LogP) is 2.55. The first-order chi connectivity index (χ1) is 9.35. The number of carbonyl (C=O) groups excluding carboxylic acids is 1. The lowest BCUT2D eigenvalue weighted by Crippen LogP contribution is -2.32. The van der Waals surface area contributed by atoms with Crippen molar-refractivity contribution in [2.24, 2.45) is 5.92 Å². The molecule has 0 aliphatic heterocycles. The quantitative estimate of drug-likeness (QED) is 0.839. The van der Waals surface area contributed by atoms with Gasteiger partial charge in [0.25, 0.3) is 0 Å². The van der Waals surface area contributed by atoms with E-state index in [1.165, 1.54) is 0 Å². The monoisotopic (exact) mass is 279 g/mol. The minimum Gasteiger partial charge on any atom is -0.508 e. The van der Waals surface area contributed by atoms with Crippen molar-refractivity contribution in [3.05, 3.63) is 23.8 Å². The second-order valence-electron chi connectivity index (χ2n) is 5.02. The molecule has 1 unspecified atom stereocenters. The van der Waals surface area contributed by atoms with E-state index in [2.05, 4.69) is 0 Å². The standard InChI is InChI=1S/C15H21NO4/c1-4-16(13-9-12(17)6-5-11(13)3)14(18)7-10(2)8-15(19)20/h5-6,9-10,17H,4,7-8H2,1-3H3,(H,19,20). The maximum absolute atomic E-state index is 12.3. The van der Waals surface area contributed by atoms with E-state index in [4.69, 9.17) is 5.11 Å². The summed E-state index contributed by atoms with van der Waals surface area (Å²) < 4.78 is 0. The highest BCUT2D eigenvalue weighted by atomic mass is 16.4. The Morgan fingerprint density at radius 3 is 2.50 bits per heavy atom. The molecule has 1 rings (SSSR count). The third-order valence-electron chi connectivity index (χ3n) is 3.15. The fourth-order valence-electron chi connectivity index (χ4n) is 2.15. The lowest BCUT2D eigenvalue weighted by Gasteiger charge is -2.24. The number of benzene rings is 1. The molecule has 1 atom stereocenters. The highest BCUT2D eigenvalue weighted by Crippen LogP contribution is 2.26. The molecule has 5 heteroatoms. The number of rotatable bonds is 6. The Bertz CT molecular complexity index is 499. The van der Waals surface area contributed by atoms with Gasteiger partial charge in [0.1, 0.15) is 5.75 Å². The van der Waals surface area contributed by atoms with Crippen LogP contribution in [0.5, 0.6) is 5.75 Å². The molecule has 2 N–H and O–H groups in total. The van der Waals surface area contributed by atoms with Gasteiger partial charge < -0.3 is 15.1 Å². The molecule has 0 saturated carbocycles. The van der Waals surface area contributed by atoms with Gasteiger partial charge in [-0.15, -0.1) is 0 Å². The summed E-state index contributed by atoms with van der Waals surface area (Å²) in [7, 11) is 0. The van der Waals surface area contributed by atoms with Crippen LogP contribution in [0.25, 0.3) is 0 Å². The van der Waals surface area contributed by atoms with Crippen LogP contribution in [0.1, 0.15) is 32.3 Å². The lowest BCUT2D eigenvalue weighted by atomic mass is 10.0. The van der Waals surface area contributed by atoms with Gasteiger partial charge in [0.05, 0.1) is 5.69 Å². The normalized spacial score (nSPS) is 11.9. The molecule has 0 spiro atoms. The number of amides is 1. The Morgan fingerprint density at radius 1 is 1.30 bits per heavy atom. The maximum Gasteiger partial charge on any atom is 0.303 e. The van der Waals surface area contributed by atoms with Crippen molar-refractivity contribution in [1.29, 1.82) is 0 Å². The SMILES string of the molecule is CCN(C(=O)CC(C)CC(=O)O)c1cc(O)ccc1C. The highest BCUT2D eigenvalue weighted by Gasteiger charge is 2.20. The first-order valence-corrected chi connectivity index (χ1v) is 6.66. The number of carboxylic acids is 1. The summed E-state index contributed by atoms with van der Waals surface area (Å²) in [4.78, 5) is 24.5. The fraction of sp³-hybridized carbons (Fsp3) is 0.467. The molecule has 0 bridgehead atoms. The molecule has 0 fully saturated rings. The van der Waals surface area contributed by atoms with Crippen molar-refractivity contribution in [3.8, 4) is 5.75 Å². The molecule has 1 amide bonds. The third-order valence-corrected chi connectivity index (χ3v) is 3.15. The molecule has 0 aliphatic rings. The number of nitrogens with zero attached hydrogens (tertiary/aromatic N) is 1. The molecular weight excluding hydrogens is 258 g/mol. The Morgan fingerprint density at radius 2 is 1.95 bits per heavy atom. The number of hydrogen-bond acceptors (Lipinski definition) is 3. The summed E-state index contributed by atoms with van der Waals surface area (Å²) >= 11 is 0. The van der Waals surface area contributed by atoms with Gasteiger partial charge in [-0.25, -0.2) is 0 Å². The van der Waals surface area contributed by atoms with Gasteiger partial charge in [0, 0.05) is 25.5 Å². The molecule has 0 saturated heterocycles. The van der Waals surface area contributed by atoms with Crippen LogP contribution in [0.15, 0.2) is 18.2 Å². The van der Waals surface area contributed by atoms with Gasteiger partial charge in [-0.3, -0.25) is 9.59 Å². The predicted molar refractivity (Wildman–Crippen MR) is 76.9 cm³/mol. The summed E-state index contributed by atoms with van der Waals surface area (Å²) in [5.74, 6) is -1.14. The molecule has 0 aromatic heterocycles. The van der Waals surface area contributed by atoms with Crippen molar-refractivity contribution < 1.29 is 19.8 Å². The molecule has 110 valence electrons. The molecule has 0 heterocycles. The third kappa shape index (κ3) is 4.26. The minimum atomic E-state index is -0.901. The number of phenolic OH excluding ortho intramolecular Hbond substituents is 1. The van der Waals surface area contributed by atoms with Crippen LogP contribution in [-0.2, 0) is 9.59 Å². The average molecular weight is 279 g/mol. The Kier molecular flexibility index (Phi) is 5.55. The molecule has 0 radical (unpaired) electrons. The summed E-state index contributed by atoms with van der Waals surface area (Å²) in [5.41, 5.74) is 1.56. The average Bonchev–Trinajstić information content (AvgIpc) is 2.33. The number of carbonyl (C=O) groups is 2. The van der Waals surface area contributed by atoms with Crippen LogP contribution in [0, 0.1) is 12.8 Å². The number of anilines is 1. The molecule has 1 aromatic rings. The Balaban J connectivity index is 2.87. The van der Waals surface area contributed by atoms with Gasteiger partial charge in [-0.05, 0) is 31.4 Å². The number of aliphatic carboxylic acids is 1. The van der Waals surface area contributed by atoms with Gasteiger partial charge in [-0.1, -0.05) is 13.0 Å². The van der Waals surface area contributed by atoms with Gasteiger partial charge in [0.15, 0.2) is 0 Å². The summed E-state index contributed by atoms with van der Waals surface area (Å²) in [6.07, 6.45) is 0.150. The number of aromatic hydroxyl groups is 1. The Labute approximate surface area is 118 Å². The van der Waals surface area contributed by atoms with Crippen molar-refractivity contribution in [2.45, 2.75) is 33.6 Å². The topological polar surface area (TPSA) is 77.8 Å². The van der Waals surface area contributed by atoms with E-state index in [1.807, 2.05) is 13.8 Å². The van der Waals surface area contributed by atoms with Gasteiger partial charge >= 0.3 is 5.97 Å². The van der Waals surface area contributed by atoms with Crippen LogP contribution >= 0.6 is 0 Å². The summed E-state index contributed by atoms with van der Waals surface area (Å²) in [6, 6.07) is 4.88. The summed E-state index contributed by atoms with van der Waals surface area (Å²) in [6.45, 7) is 5.94. The largest absolute Gasteiger partial charge is 0.508 e. The fourth-order valence-corrected chi connectivity index (χ4v) is 2.15. The van der Waals surface area contributed by atoms with Gasteiger partial charge in [0.2, 0.25) is 5.91 Å². The molecule has 5 nitrogen and oxygen atoms in total. The second kappa shape index (κ2) is 6.93. The van der Waals surface area contributed by atoms with Crippen LogP contribution in [0.2, 0.25) is 0 Å². The zero-order chi connectivity index (χ0) is 15.3. The molecule has 1 aromatic carbocycles. The molecule has 20 heavy (non-hydrogen) atoms. The van der Waals surface area contributed by atoms with E-state index in [1.54, 1.807) is 30.0 Å². The second-order valence-corrected chi connectivity index (χ2v) is 5.02. The van der Waals surface area contributed by atoms with Crippen LogP contribution in [0.4, 0.5) is 5.69 Å². The van der Waals surface area contributed by atoms with E-state index in [0.29, 0.717) is 12.2 Å². The number of phenols is 1. The van der Waals surface area contributed by atoms with Crippen molar-refractivity contribution in [3.63, 3.8) is 0 Å². The number of carboxylic acid groups (broad SMARTS) is 1. The Hall–Kier alpha value is -2.04. The number of hydrogen-bond donors (Lipinski definition) is 2. The summed E-state index contributed by atoms with van der Waals surface area (Å²) in [5, 5.41) is 18.3. The van der Waals surface area contributed by atoms with E-state index in [0.717, 1.165) is 5.56 Å². The van der Waals surface area contributed by atoms with E-state index in [-0.39, 0.29) is 30.4 Å². The van der Waals surface area contributed by atoms with Gasteiger partial charge in [-0.2, -0.15) is 0 Å². The van der Waals surface area contributed by atoms with Crippen LogP contribution in [-0.4, -0.2) is 28.6 Å². The van der Waals surface area contributed by atoms with Crippen molar-refractivity contribution >= 4 is 17.6 Å². The lowest BCUT2D eigenvalue weighted by molar-refractivity contribution is -0.138. The van der Waals surface area contributed by atoms with Crippen molar-refractivity contribution in [1.82, 2.24) is 0 Å². The molecule has 0 aliphatic carbocycles. The first kappa shape index (κ1) is 16.0. The first-order valence-electron chi connectivity index (χ1n) is 6.66. The van der Waals surface area contributed by atoms with E-state index < -0.39 is 5.97 Å². The van der Waals surface area contributed by atoms with Crippen LogP contribution in [0.3, 0.4) is 0 Å². The van der Waals surface area contributed by atoms with Crippen molar-refractivity contribution in [2.75, 3.05) is 11.4 Å². The molecular formula is C15H21NO4. The highest BCUT2D eigenvalue weighted by molar-refractivity contribution is 5.94. The van der Waals surface area contributed by atoms with Crippen LogP contribution < -0.4 is 4.90 Å². The maximum atomic E-state index is 12.3.